The third kappa shape index (κ3) is 7.19. The van der Waals surface area contributed by atoms with Crippen LogP contribution in [-0.2, 0) is 9.59 Å². The molecule has 6 rings (SSSR count). The van der Waals surface area contributed by atoms with Crippen molar-refractivity contribution in [3.8, 4) is 32.4 Å². The predicted octanol–water partition coefficient (Wildman–Crippen LogP) is 10.8. The molecule has 2 aliphatic rings. The second-order valence-corrected chi connectivity index (χ2v) is 15.7. The molecule has 4 heterocycles. The van der Waals surface area contributed by atoms with Gasteiger partial charge < -0.3 is 20.0 Å². The summed E-state index contributed by atoms with van der Waals surface area (Å²) < 4.78 is 0. The number of phenolic OH excluding ortho intramolecular Hbond substituents is 2. The Morgan fingerprint density at radius 1 is 0.540 bits per heavy atom. The normalized spacial score (nSPS) is 15.8. The smallest absolute Gasteiger partial charge is 0.261 e. The molecule has 2 amide bonds. The first-order valence-corrected chi connectivity index (χ1v) is 19.8. The van der Waals surface area contributed by atoms with Gasteiger partial charge in [0.2, 0.25) is 0 Å². The molecule has 2 aromatic carbocycles. The number of unbranched alkanes of at least 4 members (excludes halogenated alkanes) is 2. The van der Waals surface area contributed by atoms with Gasteiger partial charge in [0, 0.05) is 22.8 Å². The van der Waals surface area contributed by atoms with Gasteiger partial charge in [-0.2, -0.15) is 0 Å². The Morgan fingerprint density at radius 3 is 1.24 bits per heavy atom. The standard InChI is InChI=1S/C42H48N2O4S2/c1-5-9-11-27(7-3)25-43-39(35-23-21-33(49-35)29-13-17-31(45)18-14-29)37-38(41(43)47)40(44(42(37)48)26-28(8-4)12-10-6-2)36-24-22-34(50-36)30-15-19-32(46)20-16-30/h13-24,27-28,45-46H,5-12,25-26H2,1-4H3. The van der Waals surface area contributed by atoms with Crippen LogP contribution in [0, 0.1) is 11.8 Å². The topological polar surface area (TPSA) is 81.1 Å². The van der Waals surface area contributed by atoms with Crippen LogP contribution < -0.4 is 0 Å². The molecule has 0 aliphatic carbocycles. The number of nitrogens with zero attached hydrogens (tertiary/aromatic N) is 2. The highest BCUT2D eigenvalue weighted by molar-refractivity contribution is 7.17. The number of hydrogen-bond donors (Lipinski definition) is 2. The van der Waals surface area contributed by atoms with Crippen molar-refractivity contribution in [2.45, 2.75) is 79.1 Å². The quantitative estimate of drug-likeness (QED) is 0.121. The lowest BCUT2D eigenvalue weighted by atomic mass is 9.98. The van der Waals surface area contributed by atoms with Gasteiger partial charge >= 0.3 is 0 Å². The molecule has 0 fully saturated rings. The molecule has 4 aromatic rings. The van der Waals surface area contributed by atoms with Crippen molar-refractivity contribution in [3.63, 3.8) is 0 Å². The van der Waals surface area contributed by atoms with Crippen molar-refractivity contribution in [2.75, 3.05) is 13.1 Å². The van der Waals surface area contributed by atoms with Gasteiger partial charge in [-0.05, 0) is 109 Å². The third-order valence-corrected chi connectivity index (χ3v) is 12.4. The van der Waals surface area contributed by atoms with E-state index in [1.54, 1.807) is 46.9 Å². The number of phenols is 2. The second kappa shape index (κ2) is 15.8. The number of aromatic hydroxyl groups is 2. The molecule has 0 saturated heterocycles. The maximum Gasteiger partial charge on any atom is 0.261 e. The van der Waals surface area contributed by atoms with E-state index in [2.05, 4.69) is 39.8 Å². The molecule has 2 aromatic heterocycles. The van der Waals surface area contributed by atoms with Gasteiger partial charge in [0.05, 0.1) is 32.3 Å². The van der Waals surface area contributed by atoms with Gasteiger partial charge in [-0.15, -0.1) is 22.7 Å². The number of carbonyl (C=O) groups excluding carboxylic acids is 2. The van der Waals surface area contributed by atoms with Crippen LogP contribution in [0.25, 0.3) is 32.3 Å². The van der Waals surface area contributed by atoms with Crippen molar-refractivity contribution in [2.24, 2.45) is 11.8 Å². The highest BCUT2D eigenvalue weighted by Gasteiger charge is 2.50. The van der Waals surface area contributed by atoms with Crippen molar-refractivity contribution in [1.82, 2.24) is 9.80 Å². The molecule has 6 nitrogen and oxygen atoms in total. The van der Waals surface area contributed by atoms with Gasteiger partial charge in [0.25, 0.3) is 11.8 Å². The van der Waals surface area contributed by atoms with E-state index in [1.165, 1.54) is 0 Å². The van der Waals surface area contributed by atoms with E-state index in [0.29, 0.717) is 36.1 Å². The average molecular weight is 709 g/mol. The van der Waals surface area contributed by atoms with E-state index in [0.717, 1.165) is 93.4 Å². The SMILES string of the molecule is CCCCC(CC)CN1C(=O)C2=C(c3ccc(-c4ccc(O)cc4)s3)N(CC(CC)CCCC)C(=O)C2=C1c1ccc(-c2ccc(O)cc2)s1. The molecule has 2 aliphatic heterocycles. The summed E-state index contributed by atoms with van der Waals surface area (Å²) in [5.74, 6) is 0.897. The monoisotopic (exact) mass is 708 g/mol. The summed E-state index contributed by atoms with van der Waals surface area (Å²) in [4.78, 5) is 37.5. The molecule has 0 bridgehead atoms. The molecule has 262 valence electrons. The Labute approximate surface area is 304 Å². The Balaban J connectivity index is 1.51. The minimum absolute atomic E-state index is 0.0865. The number of benzene rings is 2. The van der Waals surface area contributed by atoms with Crippen LogP contribution in [0.1, 0.15) is 88.8 Å². The van der Waals surface area contributed by atoms with E-state index in [1.807, 2.05) is 46.2 Å². The minimum atomic E-state index is -0.0865. The zero-order valence-corrected chi connectivity index (χ0v) is 31.2. The lowest BCUT2D eigenvalue weighted by Gasteiger charge is -2.29. The van der Waals surface area contributed by atoms with E-state index in [-0.39, 0.29) is 23.3 Å². The predicted molar refractivity (Wildman–Crippen MR) is 207 cm³/mol. The maximum atomic E-state index is 14.9. The van der Waals surface area contributed by atoms with Crippen LogP contribution in [-0.4, -0.2) is 44.9 Å². The minimum Gasteiger partial charge on any atom is -0.508 e. The van der Waals surface area contributed by atoms with E-state index in [9.17, 15) is 19.8 Å². The summed E-state index contributed by atoms with van der Waals surface area (Å²) in [7, 11) is 0. The number of hydrogen-bond acceptors (Lipinski definition) is 6. The molecule has 50 heavy (non-hydrogen) atoms. The van der Waals surface area contributed by atoms with Crippen LogP contribution in [0.4, 0.5) is 0 Å². The Bertz CT molecular complexity index is 1740. The summed E-state index contributed by atoms with van der Waals surface area (Å²) in [6, 6.07) is 22.5. The van der Waals surface area contributed by atoms with Crippen molar-refractivity contribution in [3.05, 3.63) is 93.7 Å². The number of thiophene rings is 2. The van der Waals surface area contributed by atoms with E-state index < -0.39 is 0 Å². The first-order chi connectivity index (χ1) is 24.3. The summed E-state index contributed by atoms with van der Waals surface area (Å²) >= 11 is 3.17. The molecule has 2 unspecified atom stereocenters. The highest BCUT2D eigenvalue weighted by Crippen LogP contribution is 2.50. The van der Waals surface area contributed by atoms with Crippen LogP contribution in [0.2, 0.25) is 0 Å². The Morgan fingerprint density at radius 2 is 0.900 bits per heavy atom. The fourth-order valence-corrected chi connectivity index (χ4v) is 9.24. The summed E-state index contributed by atoms with van der Waals surface area (Å²) in [6.07, 6.45) is 8.37. The molecule has 0 saturated carbocycles. The third-order valence-electron chi connectivity index (χ3n) is 10.1. The second-order valence-electron chi connectivity index (χ2n) is 13.5. The Kier molecular flexibility index (Phi) is 11.3. The molecule has 2 atom stereocenters. The molecule has 2 N–H and O–H groups in total. The lowest BCUT2D eigenvalue weighted by molar-refractivity contribution is -0.124. The van der Waals surface area contributed by atoms with Gasteiger partial charge in [-0.1, -0.05) is 66.2 Å². The molecular formula is C42H48N2O4S2. The van der Waals surface area contributed by atoms with E-state index in [4.69, 9.17) is 0 Å². The van der Waals surface area contributed by atoms with Gasteiger partial charge in [0.1, 0.15) is 11.5 Å². The zero-order chi connectivity index (χ0) is 35.4. The van der Waals surface area contributed by atoms with Crippen LogP contribution >= 0.6 is 22.7 Å². The van der Waals surface area contributed by atoms with Crippen molar-refractivity contribution in [1.29, 1.82) is 0 Å². The summed E-state index contributed by atoms with van der Waals surface area (Å²) in [5.41, 5.74) is 4.48. The largest absolute Gasteiger partial charge is 0.508 e. The van der Waals surface area contributed by atoms with Gasteiger partial charge in [-0.25, -0.2) is 0 Å². The summed E-state index contributed by atoms with van der Waals surface area (Å²) in [5, 5.41) is 19.8. The molecule has 0 radical (unpaired) electrons. The van der Waals surface area contributed by atoms with Gasteiger partial charge in [0.15, 0.2) is 0 Å². The zero-order valence-electron chi connectivity index (χ0n) is 29.6. The molecular weight excluding hydrogens is 661 g/mol. The average Bonchev–Trinajstić information content (AvgIpc) is 3.91. The maximum absolute atomic E-state index is 14.9. The fraction of sp³-hybridized carbons (Fsp3) is 0.381. The van der Waals surface area contributed by atoms with Crippen LogP contribution in [0.15, 0.2) is 83.9 Å². The highest BCUT2D eigenvalue weighted by atomic mass is 32.1. The van der Waals surface area contributed by atoms with Crippen molar-refractivity contribution >= 4 is 45.9 Å². The molecule has 0 spiro atoms. The van der Waals surface area contributed by atoms with Crippen LogP contribution in [0.5, 0.6) is 11.5 Å². The van der Waals surface area contributed by atoms with Crippen molar-refractivity contribution < 1.29 is 19.8 Å². The number of rotatable bonds is 16. The number of amides is 2. The number of carbonyl (C=O) groups is 2. The first kappa shape index (κ1) is 35.7. The van der Waals surface area contributed by atoms with Crippen LogP contribution in [0.3, 0.4) is 0 Å². The summed E-state index contributed by atoms with van der Waals surface area (Å²) in [6.45, 7) is 9.92. The molecule has 8 heteroatoms. The fourth-order valence-electron chi connectivity index (χ4n) is 7.10. The van der Waals surface area contributed by atoms with Gasteiger partial charge in [-0.3, -0.25) is 9.59 Å². The Hall–Kier alpha value is -4.14. The number of fused-ring (bicyclic) bond motifs is 1. The first-order valence-electron chi connectivity index (χ1n) is 18.2. The van der Waals surface area contributed by atoms with E-state index >= 15 is 0 Å². The lowest BCUT2D eigenvalue weighted by Crippen LogP contribution is -2.34.